The first-order valence-electron chi connectivity index (χ1n) is 9.63. The van der Waals surface area contributed by atoms with Crippen LogP contribution in [-0.4, -0.2) is 15.9 Å². The SMILES string of the molecule is CC(C)C(=O)NCc1ccc(Cl)c(-c2nc3cc(Cl)c(C4CC4)cc3c(=O)[nH]2)c1. The Balaban J connectivity index is 1.72. The van der Waals surface area contributed by atoms with Gasteiger partial charge in [0.25, 0.3) is 5.56 Å². The van der Waals surface area contributed by atoms with Crippen molar-refractivity contribution in [2.45, 2.75) is 39.2 Å². The summed E-state index contributed by atoms with van der Waals surface area (Å²) in [5.74, 6) is 0.698. The Kier molecular flexibility index (Phi) is 5.36. The number of rotatable bonds is 5. The largest absolute Gasteiger partial charge is 0.352 e. The van der Waals surface area contributed by atoms with Gasteiger partial charge in [0.05, 0.1) is 15.9 Å². The van der Waals surface area contributed by atoms with E-state index in [0.29, 0.717) is 44.8 Å². The van der Waals surface area contributed by atoms with Crippen LogP contribution in [0.2, 0.25) is 10.0 Å². The van der Waals surface area contributed by atoms with Gasteiger partial charge in [0.15, 0.2) is 0 Å². The first-order chi connectivity index (χ1) is 13.8. The number of aromatic nitrogens is 2. The molecule has 5 nitrogen and oxygen atoms in total. The summed E-state index contributed by atoms with van der Waals surface area (Å²) in [4.78, 5) is 32.0. The average Bonchev–Trinajstić information content (AvgIpc) is 3.51. The highest BCUT2D eigenvalue weighted by Crippen LogP contribution is 2.44. The molecule has 29 heavy (non-hydrogen) atoms. The second kappa shape index (κ2) is 7.81. The minimum Gasteiger partial charge on any atom is -0.352 e. The summed E-state index contributed by atoms with van der Waals surface area (Å²) in [6.07, 6.45) is 2.20. The lowest BCUT2D eigenvalue weighted by Crippen LogP contribution is -2.27. The molecular weight excluding hydrogens is 409 g/mol. The summed E-state index contributed by atoms with van der Waals surface area (Å²) in [6, 6.07) is 9.01. The molecule has 0 saturated heterocycles. The Morgan fingerprint density at radius 3 is 2.66 bits per heavy atom. The molecule has 1 fully saturated rings. The Bertz CT molecular complexity index is 1170. The molecule has 0 spiro atoms. The van der Waals surface area contributed by atoms with Crippen LogP contribution in [0.25, 0.3) is 22.3 Å². The van der Waals surface area contributed by atoms with E-state index in [0.717, 1.165) is 24.0 Å². The van der Waals surface area contributed by atoms with E-state index in [9.17, 15) is 9.59 Å². The van der Waals surface area contributed by atoms with E-state index in [2.05, 4.69) is 15.3 Å². The van der Waals surface area contributed by atoms with E-state index in [1.807, 2.05) is 32.0 Å². The molecule has 0 bridgehead atoms. The lowest BCUT2D eigenvalue weighted by Gasteiger charge is -2.11. The molecule has 2 aromatic carbocycles. The summed E-state index contributed by atoms with van der Waals surface area (Å²) >= 11 is 12.8. The van der Waals surface area contributed by atoms with Gasteiger partial charge in [0, 0.05) is 23.0 Å². The van der Waals surface area contributed by atoms with E-state index in [1.165, 1.54) is 0 Å². The highest BCUT2D eigenvalue weighted by atomic mass is 35.5. The predicted octanol–water partition coefficient (Wildman–Crippen LogP) is 5.05. The fourth-order valence-electron chi connectivity index (χ4n) is 3.27. The van der Waals surface area contributed by atoms with Gasteiger partial charge >= 0.3 is 0 Å². The van der Waals surface area contributed by atoms with E-state index in [1.54, 1.807) is 12.1 Å². The van der Waals surface area contributed by atoms with Gasteiger partial charge in [-0.25, -0.2) is 4.98 Å². The number of fused-ring (bicyclic) bond motifs is 1. The van der Waals surface area contributed by atoms with Crippen LogP contribution in [0.4, 0.5) is 0 Å². The molecule has 2 N–H and O–H groups in total. The first-order valence-corrected chi connectivity index (χ1v) is 10.4. The average molecular weight is 430 g/mol. The number of H-pyrrole nitrogens is 1. The Morgan fingerprint density at radius 2 is 1.97 bits per heavy atom. The maximum atomic E-state index is 12.7. The highest BCUT2D eigenvalue weighted by Gasteiger charge is 2.26. The fourth-order valence-corrected chi connectivity index (χ4v) is 3.79. The lowest BCUT2D eigenvalue weighted by molar-refractivity contribution is -0.124. The molecule has 1 aliphatic rings. The van der Waals surface area contributed by atoms with Crippen LogP contribution in [0, 0.1) is 5.92 Å². The monoisotopic (exact) mass is 429 g/mol. The Labute approximate surface area is 178 Å². The third-order valence-electron chi connectivity index (χ3n) is 5.12. The van der Waals surface area contributed by atoms with Crippen molar-refractivity contribution in [2.24, 2.45) is 5.92 Å². The van der Waals surface area contributed by atoms with E-state index >= 15 is 0 Å². The molecule has 1 amide bonds. The highest BCUT2D eigenvalue weighted by molar-refractivity contribution is 6.33. The quantitative estimate of drug-likeness (QED) is 0.595. The van der Waals surface area contributed by atoms with Gasteiger partial charge in [-0.15, -0.1) is 0 Å². The maximum absolute atomic E-state index is 12.7. The van der Waals surface area contributed by atoms with Crippen LogP contribution in [0.1, 0.15) is 43.7 Å². The van der Waals surface area contributed by atoms with Crippen molar-refractivity contribution in [1.82, 2.24) is 15.3 Å². The summed E-state index contributed by atoms with van der Waals surface area (Å²) in [6.45, 7) is 4.05. The van der Waals surface area contributed by atoms with E-state index < -0.39 is 0 Å². The van der Waals surface area contributed by atoms with Crippen molar-refractivity contribution < 1.29 is 4.79 Å². The zero-order valence-corrected chi connectivity index (χ0v) is 17.7. The third kappa shape index (κ3) is 4.16. The molecule has 0 unspecified atom stereocenters. The number of hydrogen-bond acceptors (Lipinski definition) is 3. The number of hydrogen-bond donors (Lipinski definition) is 2. The van der Waals surface area contributed by atoms with Gasteiger partial charge in [0.1, 0.15) is 5.82 Å². The molecule has 0 radical (unpaired) electrons. The van der Waals surface area contributed by atoms with Gasteiger partial charge in [0.2, 0.25) is 5.91 Å². The molecule has 1 aromatic heterocycles. The van der Waals surface area contributed by atoms with Crippen LogP contribution in [0.15, 0.2) is 35.1 Å². The number of carbonyl (C=O) groups excluding carboxylic acids is 1. The molecule has 4 rings (SSSR count). The molecule has 1 saturated carbocycles. The van der Waals surface area contributed by atoms with Gasteiger partial charge in [-0.05, 0) is 54.2 Å². The van der Waals surface area contributed by atoms with Crippen LogP contribution in [-0.2, 0) is 11.3 Å². The number of benzene rings is 2. The predicted molar refractivity (Wildman–Crippen MR) is 116 cm³/mol. The second-order valence-corrected chi connectivity index (χ2v) is 8.58. The molecule has 3 aromatic rings. The number of amides is 1. The van der Waals surface area contributed by atoms with Crippen molar-refractivity contribution in [2.75, 3.05) is 0 Å². The maximum Gasteiger partial charge on any atom is 0.259 e. The number of carbonyl (C=O) groups is 1. The standard InChI is InChI=1S/C22H21Cl2N3O2/c1-11(2)21(28)25-10-12-3-6-17(23)15(7-12)20-26-19-9-18(24)14(13-4-5-13)8-16(19)22(29)27-20/h3,6-9,11,13H,4-5,10H2,1-2H3,(H,25,28)(H,26,27,29). The van der Waals surface area contributed by atoms with E-state index in [-0.39, 0.29) is 17.4 Å². The third-order valence-corrected chi connectivity index (χ3v) is 5.77. The van der Waals surface area contributed by atoms with Gasteiger partial charge < -0.3 is 10.3 Å². The van der Waals surface area contributed by atoms with E-state index in [4.69, 9.17) is 23.2 Å². The summed E-state index contributed by atoms with van der Waals surface area (Å²) in [7, 11) is 0. The van der Waals surface area contributed by atoms with Crippen molar-refractivity contribution in [3.05, 3.63) is 61.9 Å². The van der Waals surface area contributed by atoms with Crippen molar-refractivity contribution in [3.63, 3.8) is 0 Å². The van der Waals surface area contributed by atoms with Gasteiger partial charge in [-0.1, -0.05) is 43.1 Å². The summed E-state index contributed by atoms with van der Waals surface area (Å²) < 4.78 is 0. The minimum absolute atomic E-state index is 0.0279. The van der Waals surface area contributed by atoms with Crippen molar-refractivity contribution >= 4 is 40.0 Å². The minimum atomic E-state index is -0.224. The number of nitrogens with one attached hydrogen (secondary N) is 2. The lowest BCUT2D eigenvalue weighted by atomic mass is 10.1. The molecule has 1 heterocycles. The number of aromatic amines is 1. The Hall–Kier alpha value is -2.37. The van der Waals surface area contributed by atoms with Gasteiger partial charge in [-0.3, -0.25) is 9.59 Å². The molecule has 0 aliphatic heterocycles. The normalized spacial score (nSPS) is 13.8. The van der Waals surface area contributed by atoms with Crippen molar-refractivity contribution in [3.8, 4) is 11.4 Å². The second-order valence-electron chi connectivity index (χ2n) is 7.77. The Morgan fingerprint density at radius 1 is 1.21 bits per heavy atom. The molecule has 150 valence electrons. The topological polar surface area (TPSA) is 74.8 Å². The molecule has 1 aliphatic carbocycles. The van der Waals surface area contributed by atoms with Crippen molar-refractivity contribution in [1.29, 1.82) is 0 Å². The first kappa shape index (κ1) is 19.9. The summed E-state index contributed by atoms with van der Waals surface area (Å²) in [5.41, 5.74) is 2.79. The fraction of sp³-hybridized carbons (Fsp3) is 0.318. The van der Waals surface area contributed by atoms with Crippen LogP contribution in [0.5, 0.6) is 0 Å². The van der Waals surface area contributed by atoms with Gasteiger partial charge in [-0.2, -0.15) is 0 Å². The zero-order chi connectivity index (χ0) is 20.7. The summed E-state index contributed by atoms with van der Waals surface area (Å²) in [5, 5.41) is 4.50. The molecular formula is C22H21Cl2N3O2. The van der Waals surface area contributed by atoms with Crippen LogP contribution < -0.4 is 10.9 Å². The zero-order valence-electron chi connectivity index (χ0n) is 16.2. The van der Waals surface area contributed by atoms with Crippen LogP contribution in [0.3, 0.4) is 0 Å². The number of halogens is 2. The molecule has 0 atom stereocenters. The number of nitrogens with zero attached hydrogens (tertiary/aromatic N) is 1. The van der Waals surface area contributed by atoms with Crippen LogP contribution >= 0.6 is 23.2 Å². The smallest absolute Gasteiger partial charge is 0.259 e. The molecule has 7 heteroatoms.